The predicted octanol–water partition coefficient (Wildman–Crippen LogP) is 1.65. The Kier molecular flexibility index (Phi) is 4.74. The molecule has 0 bridgehead atoms. The molecule has 0 saturated heterocycles. The monoisotopic (exact) mass is 323 g/mol. The van der Waals surface area contributed by atoms with E-state index in [0.29, 0.717) is 5.33 Å². The maximum absolute atomic E-state index is 12.1. The van der Waals surface area contributed by atoms with Crippen molar-refractivity contribution in [3.8, 4) is 0 Å². The second-order valence-electron chi connectivity index (χ2n) is 4.10. The van der Waals surface area contributed by atoms with E-state index in [0.717, 1.165) is 12.8 Å². The molecule has 17 heavy (non-hydrogen) atoms. The maximum atomic E-state index is 12.1. The third-order valence-electron chi connectivity index (χ3n) is 2.92. The van der Waals surface area contributed by atoms with Gasteiger partial charge in [0, 0.05) is 24.1 Å². The Morgan fingerprint density at radius 3 is 2.41 bits per heavy atom. The van der Waals surface area contributed by atoms with Crippen LogP contribution in [0.15, 0.2) is 17.6 Å². The molecule has 0 spiro atoms. The molecule has 1 N–H and O–H groups in total. The molecule has 1 aromatic rings. The first-order chi connectivity index (χ1) is 7.89. The summed E-state index contributed by atoms with van der Waals surface area (Å²) in [4.78, 5) is 3.87. The number of nitrogens with one attached hydrogen (secondary N) is 1. The average Bonchev–Trinajstić information content (AvgIpc) is 2.74. The van der Waals surface area contributed by atoms with Crippen LogP contribution in [0.4, 0.5) is 0 Å². The molecule has 0 aromatic carbocycles. The standard InChI is InChI=1S/C10H18BrN3O2S/c1-4-10(5-2,7-11)13-17(15,16)9-6-14(3)8-12-9/h6,8,13H,4-5,7H2,1-3H3. The van der Waals surface area contributed by atoms with Gasteiger partial charge in [0.15, 0.2) is 5.03 Å². The lowest BCUT2D eigenvalue weighted by Gasteiger charge is -2.29. The molecule has 0 radical (unpaired) electrons. The highest BCUT2D eigenvalue weighted by atomic mass is 79.9. The predicted molar refractivity (Wildman–Crippen MR) is 70.6 cm³/mol. The molecule has 5 nitrogen and oxygen atoms in total. The number of rotatable bonds is 6. The molecule has 0 amide bonds. The van der Waals surface area contributed by atoms with E-state index in [9.17, 15) is 8.42 Å². The van der Waals surface area contributed by atoms with Crippen LogP contribution in [0.3, 0.4) is 0 Å². The fourth-order valence-corrected chi connectivity index (χ4v) is 4.12. The van der Waals surface area contributed by atoms with Gasteiger partial charge in [0.05, 0.1) is 6.33 Å². The van der Waals surface area contributed by atoms with Crippen LogP contribution in [-0.4, -0.2) is 28.8 Å². The second kappa shape index (κ2) is 5.49. The van der Waals surface area contributed by atoms with E-state index >= 15 is 0 Å². The maximum Gasteiger partial charge on any atom is 0.260 e. The Labute approximate surface area is 111 Å². The molecule has 98 valence electrons. The lowest BCUT2D eigenvalue weighted by molar-refractivity contribution is 0.398. The number of aryl methyl sites for hydroxylation is 1. The normalized spacial score (nSPS) is 12.9. The smallest absolute Gasteiger partial charge is 0.260 e. The molecule has 7 heteroatoms. The van der Waals surface area contributed by atoms with Crippen molar-refractivity contribution in [1.82, 2.24) is 14.3 Å². The Morgan fingerprint density at radius 2 is 2.06 bits per heavy atom. The van der Waals surface area contributed by atoms with Crippen molar-refractivity contribution in [2.75, 3.05) is 5.33 Å². The lowest BCUT2D eigenvalue weighted by atomic mass is 9.97. The third kappa shape index (κ3) is 3.29. The summed E-state index contributed by atoms with van der Waals surface area (Å²) in [6, 6.07) is 0. The van der Waals surface area contributed by atoms with Gasteiger partial charge in [0.25, 0.3) is 10.0 Å². The molecule has 1 rings (SSSR count). The van der Waals surface area contributed by atoms with Crippen LogP contribution >= 0.6 is 15.9 Å². The van der Waals surface area contributed by atoms with Crippen molar-refractivity contribution in [3.05, 3.63) is 12.5 Å². The first-order valence-electron chi connectivity index (χ1n) is 5.47. The van der Waals surface area contributed by atoms with Crippen LogP contribution in [0.25, 0.3) is 0 Å². The summed E-state index contributed by atoms with van der Waals surface area (Å²) in [5.41, 5.74) is -0.448. The van der Waals surface area contributed by atoms with Gasteiger partial charge in [0.1, 0.15) is 0 Å². The van der Waals surface area contributed by atoms with E-state index in [1.807, 2.05) is 13.8 Å². The Hall–Kier alpha value is -0.400. The van der Waals surface area contributed by atoms with Crippen LogP contribution in [0.2, 0.25) is 0 Å². The van der Waals surface area contributed by atoms with Gasteiger partial charge in [-0.15, -0.1) is 0 Å². The summed E-state index contributed by atoms with van der Waals surface area (Å²) in [6.45, 7) is 3.93. The molecule has 1 heterocycles. The fraction of sp³-hybridized carbons (Fsp3) is 0.700. The molecule has 0 unspecified atom stereocenters. The number of hydrogen-bond acceptors (Lipinski definition) is 3. The van der Waals surface area contributed by atoms with E-state index in [-0.39, 0.29) is 5.03 Å². The summed E-state index contributed by atoms with van der Waals surface area (Å²) in [5, 5.41) is 0.645. The summed E-state index contributed by atoms with van der Waals surface area (Å²) < 4.78 is 28.6. The topological polar surface area (TPSA) is 64.0 Å². The van der Waals surface area contributed by atoms with Gasteiger partial charge in [-0.3, -0.25) is 0 Å². The summed E-state index contributed by atoms with van der Waals surface area (Å²) in [5.74, 6) is 0. The molecule has 1 aromatic heterocycles. The zero-order valence-corrected chi connectivity index (χ0v) is 12.7. The Morgan fingerprint density at radius 1 is 1.47 bits per heavy atom. The SMILES string of the molecule is CCC(CC)(CBr)NS(=O)(=O)c1cn(C)cn1. The van der Waals surface area contributed by atoms with Gasteiger partial charge in [0.2, 0.25) is 0 Å². The minimum absolute atomic E-state index is 0.0622. The molecule has 0 saturated carbocycles. The van der Waals surface area contributed by atoms with Gasteiger partial charge >= 0.3 is 0 Å². The molecule has 0 aliphatic carbocycles. The minimum atomic E-state index is -3.55. The van der Waals surface area contributed by atoms with Gasteiger partial charge in [-0.05, 0) is 12.8 Å². The number of hydrogen-bond donors (Lipinski definition) is 1. The van der Waals surface area contributed by atoms with E-state index < -0.39 is 15.6 Å². The van der Waals surface area contributed by atoms with Crippen LogP contribution in [0.5, 0.6) is 0 Å². The van der Waals surface area contributed by atoms with E-state index in [4.69, 9.17) is 0 Å². The summed E-state index contributed by atoms with van der Waals surface area (Å²) in [7, 11) is -1.81. The molecule has 0 aliphatic heterocycles. The quantitative estimate of drug-likeness (QED) is 0.810. The van der Waals surface area contributed by atoms with Crippen LogP contribution in [0, 0.1) is 0 Å². The highest BCUT2D eigenvalue weighted by molar-refractivity contribution is 9.09. The first kappa shape index (κ1) is 14.7. The Balaban J connectivity index is 3.00. The van der Waals surface area contributed by atoms with Crippen LogP contribution in [0.1, 0.15) is 26.7 Å². The number of sulfonamides is 1. The number of halogens is 1. The second-order valence-corrected chi connectivity index (χ2v) is 6.29. The highest BCUT2D eigenvalue weighted by Gasteiger charge is 2.32. The summed E-state index contributed by atoms with van der Waals surface area (Å²) >= 11 is 3.37. The van der Waals surface area contributed by atoms with E-state index in [2.05, 4.69) is 25.6 Å². The fourth-order valence-electron chi connectivity index (χ4n) is 1.48. The molecule has 0 atom stereocenters. The van der Waals surface area contributed by atoms with Crippen molar-refractivity contribution in [3.63, 3.8) is 0 Å². The van der Waals surface area contributed by atoms with Crippen molar-refractivity contribution in [2.45, 2.75) is 37.3 Å². The van der Waals surface area contributed by atoms with Crippen LogP contribution in [-0.2, 0) is 17.1 Å². The third-order valence-corrected chi connectivity index (χ3v) is 5.45. The van der Waals surface area contributed by atoms with Gasteiger partial charge in [-0.2, -0.15) is 0 Å². The minimum Gasteiger partial charge on any atom is -0.339 e. The van der Waals surface area contributed by atoms with Gasteiger partial charge in [-0.1, -0.05) is 29.8 Å². The van der Waals surface area contributed by atoms with Crippen molar-refractivity contribution in [2.24, 2.45) is 7.05 Å². The lowest BCUT2D eigenvalue weighted by Crippen LogP contribution is -2.49. The largest absolute Gasteiger partial charge is 0.339 e. The van der Waals surface area contributed by atoms with Crippen molar-refractivity contribution in [1.29, 1.82) is 0 Å². The van der Waals surface area contributed by atoms with Crippen LogP contribution < -0.4 is 4.72 Å². The summed E-state index contributed by atoms with van der Waals surface area (Å²) in [6.07, 6.45) is 4.41. The number of imidazole rings is 1. The highest BCUT2D eigenvalue weighted by Crippen LogP contribution is 2.21. The Bertz CT molecular complexity index is 457. The molecular formula is C10H18BrN3O2S. The number of nitrogens with zero attached hydrogens (tertiary/aromatic N) is 2. The average molecular weight is 324 g/mol. The zero-order chi connectivity index (χ0) is 13.1. The van der Waals surface area contributed by atoms with E-state index in [1.54, 1.807) is 11.6 Å². The van der Waals surface area contributed by atoms with Crippen molar-refractivity contribution >= 4 is 26.0 Å². The number of alkyl halides is 1. The molecular weight excluding hydrogens is 306 g/mol. The van der Waals surface area contributed by atoms with Gasteiger partial charge < -0.3 is 4.57 Å². The molecule has 0 aliphatic rings. The first-order valence-corrected chi connectivity index (χ1v) is 8.07. The van der Waals surface area contributed by atoms with E-state index in [1.165, 1.54) is 12.5 Å². The number of aromatic nitrogens is 2. The molecule has 0 fully saturated rings. The van der Waals surface area contributed by atoms with Crippen molar-refractivity contribution < 1.29 is 8.42 Å². The zero-order valence-electron chi connectivity index (χ0n) is 10.3. The van der Waals surface area contributed by atoms with Gasteiger partial charge in [-0.25, -0.2) is 18.1 Å².